The molecule has 0 radical (unpaired) electrons. The van der Waals surface area contributed by atoms with Gasteiger partial charge in [-0.15, -0.1) is 22.0 Å². The number of tetrazole rings is 1. The topological polar surface area (TPSA) is 63.9 Å². The van der Waals surface area contributed by atoms with Crippen molar-refractivity contribution in [3.63, 3.8) is 0 Å². The number of para-hydroxylation sites is 1. The van der Waals surface area contributed by atoms with Crippen LogP contribution in [0.5, 0.6) is 0 Å². The van der Waals surface area contributed by atoms with Gasteiger partial charge in [0.2, 0.25) is 5.82 Å². The van der Waals surface area contributed by atoms with Crippen molar-refractivity contribution >= 4 is 23.4 Å². The number of anilines is 1. The van der Waals surface area contributed by atoms with Crippen molar-refractivity contribution in [3.8, 4) is 11.4 Å². The lowest BCUT2D eigenvalue weighted by molar-refractivity contribution is -0.119. The summed E-state index contributed by atoms with van der Waals surface area (Å²) in [6, 6.07) is 16.0. The van der Waals surface area contributed by atoms with Crippen LogP contribution >= 0.6 is 11.8 Å². The summed E-state index contributed by atoms with van der Waals surface area (Å²) in [6.45, 7) is 5.00. The zero-order valence-corrected chi connectivity index (χ0v) is 16.2. The van der Waals surface area contributed by atoms with E-state index in [-0.39, 0.29) is 12.5 Å². The van der Waals surface area contributed by atoms with Gasteiger partial charge in [0.05, 0.1) is 5.69 Å². The number of nitrogens with zero attached hydrogens (tertiary/aromatic N) is 5. The zero-order chi connectivity index (χ0) is 18.8. The Morgan fingerprint density at radius 2 is 1.96 bits per heavy atom. The molecule has 0 bridgehead atoms. The summed E-state index contributed by atoms with van der Waals surface area (Å²) in [7, 11) is 0. The monoisotopic (exact) mass is 379 g/mol. The molecule has 0 saturated heterocycles. The number of carbonyl (C=O) groups is 1. The summed E-state index contributed by atoms with van der Waals surface area (Å²) < 4.78 is 0. The van der Waals surface area contributed by atoms with Gasteiger partial charge in [0.1, 0.15) is 6.54 Å². The van der Waals surface area contributed by atoms with Gasteiger partial charge in [0.25, 0.3) is 5.91 Å². The maximum atomic E-state index is 13.0. The second-order valence-electron chi connectivity index (χ2n) is 6.74. The molecule has 27 heavy (non-hydrogen) atoms. The number of benzene rings is 2. The van der Waals surface area contributed by atoms with Crippen molar-refractivity contribution in [2.24, 2.45) is 0 Å². The van der Waals surface area contributed by atoms with Gasteiger partial charge >= 0.3 is 0 Å². The van der Waals surface area contributed by atoms with E-state index in [4.69, 9.17) is 0 Å². The molecule has 7 heteroatoms. The summed E-state index contributed by atoms with van der Waals surface area (Å²) in [5, 5.41) is 13.0. The molecule has 1 aromatic heterocycles. The summed E-state index contributed by atoms with van der Waals surface area (Å²) >= 11 is 1.82. The third-order valence-electron chi connectivity index (χ3n) is 4.58. The molecule has 2 aromatic carbocycles. The average molecular weight is 379 g/mol. The van der Waals surface area contributed by atoms with E-state index in [0.29, 0.717) is 17.6 Å². The van der Waals surface area contributed by atoms with Crippen molar-refractivity contribution in [2.75, 3.05) is 11.4 Å². The molecule has 3 aromatic rings. The number of aryl methyl sites for hydroxylation is 1. The fraction of sp³-hybridized carbons (Fsp3) is 0.300. The predicted molar refractivity (Wildman–Crippen MR) is 107 cm³/mol. The van der Waals surface area contributed by atoms with Crippen LogP contribution in [0.25, 0.3) is 11.4 Å². The molecule has 6 nitrogen and oxygen atoms in total. The van der Waals surface area contributed by atoms with Crippen molar-refractivity contribution in [3.05, 3.63) is 54.1 Å². The standard InChI is InChI=1S/C20H21N5OS/c1-14-7-9-16(10-8-14)20-21-23-25(22-20)13-19(26)24-12-11-15(2)27-18-6-4-3-5-17(18)24/h3-10,15H,11-13H2,1-2H3/t15-/m1/s1. The molecule has 0 saturated carbocycles. The van der Waals surface area contributed by atoms with Crippen molar-refractivity contribution in [2.45, 2.75) is 37.0 Å². The molecule has 1 atom stereocenters. The van der Waals surface area contributed by atoms with Gasteiger partial charge in [0, 0.05) is 22.3 Å². The van der Waals surface area contributed by atoms with E-state index in [9.17, 15) is 4.79 Å². The van der Waals surface area contributed by atoms with Crippen LogP contribution in [0.2, 0.25) is 0 Å². The second kappa shape index (κ2) is 7.52. The first kappa shape index (κ1) is 17.7. The van der Waals surface area contributed by atoms with Gasteiger partial charge in [-0.25, -0.2) is 0 Å². The van der Waals surface area contributed by atoms with Crippen LogP contribution in [0, 0.1) is 6.92 Å². The van der Waals surface area contributed by atoms with Crippen LogP contribution in [0.4, 0.5) is 5.69 Å². The van der Waals surface area contributed by atoms with Crippen molar-refractivity contribution < 1.29 is 4.79 Å². The molecule has 138 valence electrons. The third kappa shape index (κ3) is 3.88. The largest absolute Gasteiger partial charge is 0.310 e. The molecule has 1 aliphatic heterocycles. The Hall–Kier alpha value is -2.67. The Kier molecular flexibility index (Phi) is 4.94. The molecule has 0 unspecified atom stereocenters. The van der Waals surface area contributed by atoms with E-state index in [1.165, 1.54) is 10.4 Å². The van der Waals surface area contributed by atoms with E-state index in [1.807, 2.05) is 66.1 Å². The van der Waals surface area contributed by atoms with Gasteiger partial charge in [0.15, 0.2) is 0 Å². The lowest BCUT2D eigenvalue weighted by atomic mass is 10.1. The first-order valence-corrected chi connectivity index (χ1v) is 9.89. The van der Waals surface area contributed by atoms with E-state index in [0.717, 1.165) is 22.6 Å². The highest BCUT2D eigenvalue weighted by Crippen LogP contribution is 2.37. The van der Waals surface area contributed by atoms with Gasteiger partial charge in [-0.3, -0.25) is 4.79 Å². The second-order valence-corrected chi connectivity index (χ2v) is 8.22. The smallest absolute Gasteiger partial charge is 0.250 e. The molecular weight excluding hydrogens is 358 g/mol. The first-order chi connectivity index (χ1) is 13.1. The van der Waals surface area contributed by atoms with Gasteiger partial charge in [-0.05, 0) is 30.7 Å². The Morgan fingerprint density at radius 1 is 1.19 bits per heavy atom. The maximum Gasteiger partial charge on any atom is 0.250 e. The molecule has 1 amide bonds. The maximum absolute atomic E-state index is 13.0. The highest BCUT2D eigenvalue weighted by molar-refractivity contribution is 8.00. The zero-order valence-electron chi connectivity index (χ0n) is 15.4. The molecule has 2 heterocycles. The molecular formula is C20H21N5OS. The molecule has 0 spiro atoms. The summed E-state index contributed by atoms with van der Waals surface area (Å²) in [4.78, 5) is 17.3. The molecule has 4 rings (SSSR count). The van der Waals surface area contributed by atoms with E-state index in [1.54, 1.807) is 0 Å². The number of aromatic nitrogens is 4. The molecule has 0 aliphatic carbocycles. The van der Waals surface area contributed by atoms with Gasteiger partial charge in [-0.1, -0.05) is 48.9 Å². The highest BCUT2D eigenvalue weighted by atomic mass is 32.2. The van der Waals surface area contributed by atoms with Gasteiger partial charge < -0.3 is 4.90 Å². The Morgan fingerprint density at radius 3 is 2.78 bits per heavy atom. The molecule has 1 aliphatic rings. The van der Waals surface area contributed by atoms with E-state index >= 15 is 0 Å². The number of hydrogen-bond donors (Lipinski definition) is 0. The quantitative estimate of drug-likeness (QED) is 0.696. The minimum atomic E-state index is -0.0231. The number of carbonyl (C=O) groups excluding carboxylic acids is 1. The van der Waals surface area contributed by atoms with Crippen LogP contribution in [0.15, 0.2) is 53.4 Å². The van der Waals surface area contributed by atoms with Crippen molar-refractivity contribution in [1.29, 1.82) is 0 Å². The minimum Gasteiger partial charge on any atom is -0.310 e. The number of rotatable bonds is 3. The number of fused-ring (bicyclic) bond motifs is 1. The van der Waals surface area contributed by atoms with Crippen LogP contribution < -0.4 is 4.90 Å². The average Bonchev–Trinajstić information content (AvgIpc) is 3.04. The predicted octanol–water partition coefficient (Wildman–Crippen LogP) is 3.57. The lowest BCUT2D eigenvalue weighted by Crippen LogP contribution is -2.35. The van der Waals surface area contributed by atoms with Crippen LogP contribution in [0.3, 0.4) is 0 Å². The normalized spacial score (nSPS) is 16.7. The highest BCUT2D eigenvalue weighted by Gasteiger charge is 2.24. The fourth-order valence-electron chi connectivity index (χ4n) is 3.08. The summed E-state index contributed by atoms with van der Waals surface area (Å²) in [5.41, 5.74) is 3.04. The van der Waals surface area contributed by atoms with Crippen LogP contribution in [-0.2, 0) is 11.3 Å². The lowest BCUT2D eigenvalue weighted by Gasteiger charge is -2.22. The fourth-order valence-corrected chi connectivity index (χ4v) is 4.19. The Labute approximate surface area is 162 Å². The Bertz CT molecular complexity index is 953. The number of amides is 1. The number of thioether (sulfide) groups is 1. The van der Waals surface area contributed by atoms with Crippen molar-refractivity contribution in [1.82, 2.24) is 20.2 Å². The summed E-state index contributed by atoms with van der Waals surface area (Å²) in [5.74, 6) is 0.508. The van der Waals surface area contributed by atoms with E-state index < -0.39 is 0 Å². The summed E-state index contributed by atoms with van der Waals surface area (Å²) in [6.07, 6.45) is 0.949. The van der Waals surface area contributed by atoms with Crippen LogP contribution in [0.1, 0.15) is 18.9 Å². The minimum absolute atomic E-state index is 0.0231. The first-order valence-electron chi connectivity index (χ1n) is 9.01. The SMILES string of the molecule is Cc1ccc(-c2nnn(CC(=O)N3CC[C@@H](C)Sc4ccccc43)n2)cc1. The molecule has 0 fully saturated rings. The number of hydrogen-bond acceptors (Lipinski definition) is 5. The Balaban J connectivity index is 1.53. The van der Waals surface area contributed by atoms with E-state index in [2.05, 4.69) is 28.4 Å². The van der Waals surface area contributed by atoms with Crippen LogP contribution in [-0.4, -0.2) is 37.9 Å². The third-order valence-corrected chi connectivity index (χ3v) is 5.82. The van der Waals surface area contributed by atoms with Gasteiger partial charge in [-0.2, -0.15) is 4.80 Å². The molecule has 0 N–H and O–H groups in total.